The summed E-state index contributed by atoms with van der Waals surface area (Å²) in [5, 5.41) is 9.15. The Morgan fingerprint density at radius 2 is 1.78 bits per heavy atom. The van der Waals surface area contributed by atoms with Crippen LogP contribution >= 0.6 is 0 Å². The molecule has 6 rings (SSSR count). The van der Waals surface area contributed by atoms with Crippen LogP contribution in [0.5, 0.6) is 5.75 Å². The van der Waals surface area contributed by atoms with Gasteiger partial charge in [-0.3, -0.25) is 19.1 Å². The van der Waals surface area contributed by atoms with Crippen molar-refractivity contribution in [2.24, 2.45) is 11.1 Å². The number of nitrogens with one attached hydrogen (secondary N) is 3. The Kier molecular flexibility index (Phi) is 11.0. The van der Waals surface area contributed by atoms with E-state index >= 15 is 0 Å². The smallest absolute Gasteiger partial charge is 0.408 e. The van der Waals surface area contributed by atoms with Crippen LogP contribution in [-0.2, 0) is 34.0 Å². The minimum Gasteiger partial charge on any atom is -0.496 e. The Balaban J connectivity index is 1.24. The third-order valence-corrected chi connectivity index (χ3v) is 12.1. The number of ether oxygens (including phenoxy) is 2. The van der Waals surface area contributed by atoms with Crippen LogP contribution in [0.25, 0.3) is 0 Å². The molecular formula is C35H47N5O9S. The van der Waals surface area contributed by atoms with Crippen molar-refractivity contribution in [2.75, 3.05) is 13.7 Å². The fourth-order valence-corrected chi connectivity index (χ4v) is 8.48. The lowest BCUT2D eigenvalue weighted by atomic mass is 10.0. The van der Waals surface area contributed by atoms with Gasteiger partial charge < -0.3 is 29.8 Å². The number of fused-ring (bicyclic) bond motifs is 2. The maximum absolute atomic E-state index is 14.3. The standard InChI is InChI=1S/C35H47N5O9S/c1-47-30-16-10-7-11-23(30)21-36-49-26-19-29-31(41)38-35(33(43)39-50(45,46)27-17-18-27)20-24(35)12-5-3-2-4-6-15-28(32(42)40(29)22-26)37-34(44)48-25-13-8-9-14-25/h5,7,10-12,16,21,24-29H,2-4,6,8-9,13-15,17-20,22H2,1H3,(H,37,44)(H,38,41)(H,39,43)/b12-5-,36-21+/t24-,26-,28+,29+,35?/m1/s1. The molecule has 2 aliphatic heterocycles. The minimum absolute atomic E-state index is 0.00533. The van der Waals surface area contributed by atoms with Gasteiger partial charge in [-0.1, -0.05) is 42.3 Å². The number of nitrogens with zero attached hydrogens (tertiary/aromatic N) is 2. The number of rotatable bonds is 9. The number of oxime groups is 1. The number of hydrogen-bond donors (Lipinski definition) is 3. The summed E-state index contributed by atoms with van der Waals surface area (Å²) < 4.78 is 38.7. The summed E-state index contributed by atoms with van der Waals surface area (Å²) in [5.41, 5.74) is -0.808. The number of carbonyl (C=O) groups is 4. The molecule has 1 aromatic carbocycles. The Labute approximate surface area is 292 Å². The third-order valence-electron chi connectivity index (χ3n) is 10.3. The van der Waals surface area contributed by atoms with Crippen molar-refractivity contribution in [2.45, 2.75) is 119 Å². The van der Waals surface area contributed by atoms with E-state index in [1.165, 1.54) is 11.1 Å². The number of hydrogen-bond acceptors (Lipinski definition) is 10. The predicted octanol–water partition coefficient (Wildman–Crippen LogP) is 3.06. The molecule has 2 heterocycles. The lowest BCUT2D eigenvalue weighted by molar-refractivity contribution is -0.141. The highest BCUT2D eigenvalue weighted by molar-refractivity contribution is 7.91. The fourth-order valence-electron chi connectivity index (χ4n) is 7.12. The number of amides is 4. The van der Waals surface area contributed by atoms with Gasteiger partial charge in [0.25, 0.3) is 5.91 Å². The van der Waals surface area contributed by atoms with Crippen molar-refractivity contribution >= 4 is 40.1 Å². The zero-order valence-electron chi connectivity index (χ0n) is 28.4. The van der Waals surface area contributed by atoms with Crippen LogP contribution in [0.1, 0.15) is 89.0 Å². The van der Waals surface area contributed by atoms with Gasteiger partial charge in [-0.15, -0.1) is 0 Å². The first-order valence-electron chi connectivity index (χ1n) is 17.7. The number of sulfonamides is 1. The summed E-state index contributed by atoms with van der Waals surface area (Å²) in [6, 6.07) is 5.20. The lowest BCUT2D eigenvalue weighted by Gasteiger charge is -2.30. The zero-order valence-corrected chi connectivity index (χ0v) is 29.2. The highest BCUT2D eigenvalue weighted by atomic mass is 32.2. The Morgan fingerprint density at radius 1 is 1.02 bits per heavy atom. The molecule has 3 aliphatic carbocycles. The van der Waals surface area contributed by atoms with Crippen molar-refractivity contribution in [3.8, 4) is 5.75 Å². The molecule has 0 radical (unpaired) electrons. The van der Waals surface area contributed by atoms with E-state index in [-0.39, 0.29) is 25.5 Å². The van der Waals surface area contributed by atoms with Gasteiger partial charge in [0.05, 0.1) is 25.1 Å². The molecule has 5 aliphatic rings. The van der Waals surface area contributed by atoms with Crippen LogP contribution in [0.2, 0.25) is 0 Å². The van der Waals surface area contributed by atoms with Crippen molar-refractivity contribution in [3.05, 3.63) is 42.0 Å². The van der Waals surface area contributed by atoms with Gasteiger partial charge in [-0.2, -0.15) is 0 Å². The third kappa shape index (κ3) is 8.41. The second-order valence-corrected chi connectivity index (χ2v) is 15.9. The quantitative estimate of drug-likeness (QED) is 0.197. The van der Waals surface area contributed by atoms with E-state index < -0.39 is 68.7 Å². The summed E-state index contributed by atoms with van der Waals surface area (Å²) in [6.45, 7) is -0.00533. The molecular weight excluding hydrogens is 666 g/mol. The van der Waals surface area contributed by atoms with Crippen LogP contribution in [0.4, 0.5) is 4.79 Å². The number of methoxy groups -OCH3 is 1. The van der Waals surface area contributed by atoms with Gasteiger partial charge in [-0.25, -0.2) is 13.2 Å². The predicted molar refractivity (Wildman–Crippen MR) is 183 cm³/mol. The topological polar surface area (TPSA) is 182 Å². The van der Waals surface area contributed by atoms with Gasteiger partial charge in [0.15, 0.2) is 0 Å². The van der Waals surface area contributed by atoms with Crippen molar-refractivity contribution in [3.63, 3.8) is 0 Å². The molecule has 5 atom stereocenters. The summed E-state index contributed by atoms with van der Waals surface area (Å²) in [6.07, 6.45) is 11.8. The van der Waals surface area contributed by atoms with Crippen molar-refractivity contribution < 1.29 is 41.9 Å². The Morgan fingerprint density at radius 3 is 2.54 bits per heavy atom. The number of benzene rings is 1. The zero-order chi connectivity index (χ0) is 35.3. The number of carbonyl (C=O) groups excluding carboxylic acids is 4. The average molecular weight is 714 g/mol. The van der Waals surface area contributed by atoms with Crippen LogP contribution in [-0.4, -0.2) is 92.1 Å². The normalized spacial score (nSPS) is 29.9. The van der Waals surface area contributed by atoms with Crippen molar-refractivity contribution in [1.29, 1.82) is 0 Å². The maximum atomic E-state index is 14.3. The molecule has 0 bridgehead atoms. The first kappa shape index (κ1) is 35.7. The SMILES string of the molecule is COc1ccccc1/C=N/O[C@@H]1C[C@H]2C(=O)NC3(C(=O)NS(=O)(=O)C4CC4)C[C@H]3/C=C\CCCCC[C@H](NC(=O)OC3CCCC3)C(=O)N2C1. The lowest BCUT2D eigenvalue weighted by Crippen LogP contribution is -2.58. The molecule has 4 fully saturated rings. The second kappa shape index (κ2) is 15.4. The van der Waals surface area contributed by atoms with Crippen LogP contribution < -0.4 is 20.1 Å². The van der Waals surface area contributed by atoms with Gasteiger partial charge >= 0.3 is 6.09 Å². The second-order valence-electron chi connectivity index (χ2n) is 14.0. The molecule has 3 N–H and O–H groups in total. The van der Waals surface area contributed by atoms with E-state index in [0.717, 1.165) is 38.5 Å². The Bertz CT molecular complexity index is 1610. The minimum atomic E-state index is -3.87. The molecule has 1 aromatic rings. The first-order valence-corrected chi connectivity index (χ1v) is 19.3. The molecule has 50 heavy (non-hydrogen) atoms. The molecule has 1 unspecified atom stereocenters. The van der Waals surface area contributed by atoms with E-state index in [0.29, 0.717) is 43.4 Å². The van der Waals surface area contributed by atoms with E-state index in [1.54, 1.807) is 19.2 Å². The molecule has 272 valence electrons. The van der Waals surface area contributed by atoms with Gasteiger partial charge in [0.2, 0.25) is 21.8 Å². The molecule has 3 saturated carbocycles. The summed E-state index contributed by atoms with van der Waals surface area (Å²) in [4.78, 5) is 62.2. The van der Waals surface area contributed by atoms with Crippen molar-refractivity contribution in [1.82, 2.24) is 20.3 Å². The van der Waals surface area contributed by atoms with E-state index in [2.05, 4.69) is 20.5 Å². The molecule has 1 saturated heterocycles. The number of para-hydroxylation sites is 1. The molecule has 4 amide bonds. The average Bonchev–Trinajstić information content (AvgIpc) is 3.97. The van der Waals surface area contributed by atoms with Crippen LogP contribution in [0, 0.1) is 5.92 Å². The van der Waals surface area contributed by atoms with Gasteiger partial charge in [0.1, 0.15) is 35.6 Å². The largest absolute Gasteiger partial charge is 0.496 e. The van der Waals surface area contributed by atoms with Gasteiger partial charge in [-0.05, 0) is 76.3 Å². The summed E-state index contributed by atoms with van der Waals surface area (Å²) in [5.74, 6) is -1.68. The summed E-state index contributed by atoms with van der Waals surface area (Å²) in [7, 11) is -2.32. The number of allylic oxidation sites excluding steroid dienone is 1. The van der Waals surface area contributed by atoms with E-state index in [9.17, 15) is 27.6 Å². The molecule has 14 nitrogen and oxygen atoms in total. The van der Waals surface area contributed by atoms with Crippen LogP contribution in [0.15, 0.2) is 41.6 Å². The Hall–Kier alpha value is -4.14. The van der Waals surface area contributed by atoms with Gasteiger partial charge in [0, 0.05) is 17.9 Å². The van der Waals surface area contributed by atoms with Crippen LogP contribution in [0.3, 0.4) is 0 Å². The first-order chi connectivity index (χ1) is 24.1. The highest BCUT2D eigenvalue weighted by Gasteiger charge is 2.62. The number of alkyl carbamates (subject to hydrolysis) is 1. The van der Waals surface area contributed by atoms with E-state index in [1.807, 2.05) is 24.3 Å². The van der Waals surface area contributed by atoms with E-state index in [4.69, 9.17) is 14.3 Å². The fraction of sp³-hybridized carbons (Fsp3) is 0.629. The molecule has 15 heteroatoms. The monoisotopic (exact) mass is 713 g/mol. The molecule has 0 spiro atoms. The summed E-state index contributed by atoms with van der Waals surface area (Å²) >= 11 is 0. The molecule has 0 aromatic heterocycles. The highest BCUT2D eigenvalue weighted by Crippen LogP contribution is 2.46. The maximum Gasteiger partial charge on any atom is 0.408 e.